The Morgan fingerprint density at radius 2 is 2.12 bits per heavy atom. The highest BCUT2D eigenvalue weighted by Crippen LogP contribution is 2.16. The van der Waals surface area contributed by atoms with Crippen LogP contribution in [-0.2, 0) is 6.61 Å². The second-order valence-corrected chi connectivity index (χ2v) is 3.45. The van der Waals surface area contributed by atoms with Crippen molar-refractivity contribution in [3.8, 4) is 0 Å². The van der Waals surface area contributed by atoms with Crippen molar-refractivity contribution in [1.82, 2.24) is 9.88 Å². The first kappa shape index (κ1) is 13.4. The molecule has 1 aromatic rings. The van der Waals surface area contributed by atoms with E-state index in [1.54, 1.807) is 0 Å². The number of hydrogen-bond donors (Lipinski definition) is 1. The van der Waals surface area contributed by atoms with E-state index in [1.165, 1.54) is 18.2 Å². The van der Waals surface area contributed by atoms with Crippen molar-refractivity contribution in [2.24, 2.45) is 0 Å². The molecule has 0 bridgehead atoms. The number of amides is 1. The van der Waals surface area contributed by atoms with Gasteiger partial charge in [0.25, 0.3) is 5.91 Å². The van der Waals surface area contributed by atoms with Crippen molar-refractivity contribution in [3.63, 3.8) is 0 Å². The van der Waals surface area contributed by atoms with Crippen molar-refractivity contribution in [2.45, 2.75) is 12.8 Å². The number of aromatic nitrogens is 1. The van der Waals surface area contributed by atoms with Gasteiger partial charge in [0.15, 0.2) is 0 Å². The average molecular weight is 248 g/mol. The number of hydrogen-bond acceptors (Lipinski definition) is 3. The third-order valence-electron chi connectivity index (χ3n) is 1.95. The summed E-state index contributed by atoms with van der Waals surface area (Å²) in [6.45, 7) is -1.71. The van der Waals surface area contributed by atoms with Gasteiger partial charge in [0, 0.05) is 7.05 Å². The van der Waals surface area contributed by atoms with Gasteiger partial charge in [0.1, 0.15) is 12.2 Å². The maximum atomic E-state index is 12.1. The van der Waals surface area contributed by atoms with Crippen LogP contribution in [0.3, 0.4) is 0 Å². The van der Waals surface area contributed by atoms with Crippen molar-refractivity contribution < 1.29 is 23.1 Å². The Morgan fingerprint density at radius 3 is 2.65 bits per heavy atom. The first-order valence-corrected chi connectivity index (χ1v) is 4.72. The van der Waals surface area contributed by atoms with Crippen LogP contribution in [0.5, 0.6) is 0 Å². The number of nitrogens with zero attached hydrogens (tertiary/aromatic N) is 2. The molecule has 0 aliphatic heterocycles. The second kappa shape index (κ2) is 5.13. The van der Waals surface area contributed by atoms with Crippen molar-refractivity contribution in [3.05, 3.63) is 29.6 Å². The predicted molar refractivity (Wildman–Crippen MR) is 53.2 cm³/mol. The van der Waals surface area contributed by atoms with Gasteiger partial charge in [0.2, 0.25) is 0 Å². The van der Waals surface area contributed by atoms with Crippen molar-refractivity contribution in [2.75, 3.05) is 13.6 Å². The molecule has 0 radical (unpaired) electrons. The second-order valence-electron chi connectivity index (χ2n) is 3.45. The van der Waals surface area contributed by atoms with Crippen LogP contribution < -0.4 is 0 Å². The molecule has 0 aromatic carbocycles. The van der Waals surface area contributed by atoms with E-state index >= 15 is 0 Å². The van der Waals surface area contributed by atoms with Gasteiger partial charge in [-0.25, -0.2) is 4.98 Å². The lowest BCUT2D eigenvalue weighted by molar-refractivity contribution is -0.138. The lowest BCUT2D eigenvalue weighted by Gasteiger charge is -2.18. The lowest BCUT2D eigenvalue weighted by Crippen LogP contribution is -2.36. The Bertz CT molecular complexity index is 407. The molecule has 1 heterocycles. The summed E-state index contributed by atoms with van der Waals surface area (Å²) in [5.74, 6) is -0.836. The molecule has 0 saturated heterocycles. The summed E-state index contributed by atoms with van der Waals surface area (Å²) < 4.78 is 36.2. The van der Waals surface area contributed by atoms with Crippen LogP contribution in [0, 0.1) is 0 Å². The highest BCUT2D eigenvalue weighted by Gasteiger charge is 2.31. The Hall–Kier alpha value is -1.63. The van der Waals surface area contributed by atoms with E-state index in [2.05, 4.69) is 4.98 Å². The van der Waals surface area contributed by atoms with Gasteiger partial charge in [-0.3, -0.25) is 4.79 Å². The molecule has 0 aliphatic rings. The number of carbonyl (C=O) groups excluding carboxylic acids is 1. The third kappa shape index (κ3) is 4.03. The normalized spacial score (nSPS) is 11.4. The monoisotopic (exact) mass is 248 g/mol. The highest BCUT2D eigenvalue weighted by atomic mass is 19.4. The number of rotatable bonds is 3. The molecular weight excluding hydrogens is 237 g/mol. The summed E-state index contributed by atoms with van der Waals surface area (Å²) in [5.41, 5.74) is 0.111. The smallest absolute Gasteiger partial charge is 0.390 e. The maximum Gasteiger partial charge on any atom is 0.406 e. The van der Waals surface area contributed by atoms with E-state index in [0.29, 0.717) is 4.90 Å². The fourth-order valence-electron chi connectivity index (χ4n) is 1.22. The average Bonchev–Trinajstić information content (AvgIpc) is 2.26. The molecule has 0 aliphatic carbocycles. The van der Waals surface area contributed by atoms with E-state index in [4.69, 9.17) is 5.11 Å². The van der Waals surface area contributed by atoms with Crippen LogP contribution in [0.1, 0.15) is 16.2 Å². The minimum absolute atomic E-state index is 0.122. The SMILES string of the molecule is CN(CC(F)(F)F)C(=O)c1cccc(CO)n1. The van der Waals surface area contributed by atoms with E-state index < -0.39 is 18.6 Å². The topological polar surface area (TPSA) is 53.4 Å². The Morgan fingerprint density at radius 1 is 1.47 bits per heavy atom. The summed E-state index contributed by atoms with van der Waals surface area (Å²) in [5, 5.41) is 8.80. The van der Waals surface area contributed by atoms with Crippen LogP contribution in [0.25, 0.3) is 0 Å². The van der Waals surface area contributed by atoms with Crippen LogP contribution in [-0.4, -0.2) is 40.7 Å². The van der Waals surface area contributed by atoms with Crippen LogP contribution in [0.4, 0.5) is 13.2 Å². The number of alkyl halides is 3. The van der Waals surface area contributed by atoms with Crippen LogP contribution in [0.15, 0.2) is 18.2 Å². The molecule has 0 atom stereocenters. The Labute approximate surface area is 95.7 Å². The molecule has 17 heavy (non-hydrogen) atoms. The zero-order valence-electron chi connectivity index (χ0n) is 9.03. The zero-order chi connectivity index (χ0) is 13.1. The summed E-state index contributed by atoms with van der Waals surface area (Å²) in [6, 6.07) is 4.22. The minimum atomic E-state index is -4.45. The summed E-state index contributed by atoms with van der Waals surface area (Å²) in [4.78, 5) is 15.8. The Kier molecular flexibility index (Phi) is 4.06. The molecule has 0 fully saturated rings. The van der Waals surface area contributed by atoms with Gasteiger partial charge in [-0.15, -0.1) is 0 Å². The standard InChI is InChI=1S/C10H11F3N2O2/c1-15(6-10(11,12)13)9(17)8-4-2-3-7(5-16)14-8/h2-4,16H,5-6H2,1H3. The highest BCUT2D eigenvalue weighted by molar-refractivity contribution is 5.92. The molecule has 0 unspecified atom stereocenters. The van der Waals surface area contributed by atoms with Gasteiger partial charge >= 0.3 is 6.18 Å². The zero-order valence-corrected chi connectivity index (χ0v) is 9.03. The van der Waals surface area contributed by atoms with Crippen LogP contribution in [0.2, 0.25) is 0 Å². The summed E-state index contributed by atoms with van der Waals surface area (Å²) in [7, 11) is 1.04. The van der Waals surface area contributed by atoms with E-state index in [0.717, 1.165) is 7.05 Å². The number of carbonyl (C=O) groups is 1. The van der Waals surface area contributed by atoms with E-state index in [-0.39, 0.29) is 18.0 Å². The van der Waals surface area contributed by atoms with Gasteiger partial charge in [-0.2, -0.15) is 13.2 Å². The molecule has 1 N–H and O–H groups in total. The maximum absolute atomic E-state index is 12.1. The van der Waals surface area contributed by atoms with Gasteiger partial charge in [-0.1, -0.05) is 6.07 Å². The summed E-state index contributed by atoms with van der Waals surface area (Å²) >= 11 is 0. The Balaban J connectivity index is 2.81. The molecule has 1 aromatic heterocycles. The van der Waals surface area contributed by atoms with Gasteiger partial charge in [0.05, 0.1) is 12.3 Å². The van der Waals surface area contributed by atoms with Crippen molar-refractivity contribution in [1.29, 1.82) is 0 Å². The number of aliphatic hydroxyl groups excluding tert-OH is 1. The van der Waals surface area contributed by atoms with Crippen molar-refractivity contribution >= 4 is 5.91 Å². The molecule has 0 spiro atoms. The predicted octanol–water partition coefficient (Wildman–Crippen LogP) is 1.21. The number of halogens is 3. The first-order chi connectivity index (χ1) is 7.83. The lowest BCUT2D eigenvalue weighted by atomic mass is 10.3. The fourth-order valence-corrected chi connectivity index (χ4v) is 1.22. The molecular formula is C10H11F3N2O2. The van der Waals surface area contributed by atoms with Gasteiger partial charge < -0.3 is 10.0 Å². The molecule has 4 nitrogen and oxygen atoms in total. The number of pyridine rings is 1. The fraction of sp³-hybridized carbons (Fsp3) is 0.400. The molecule has 7 heteroatoms. The van der Waals surface area contributed by atoms with Crippen LogP contribution >= 0.6 is 0 Å². The number of aliphatic hydroxyl groups is 1. The molecule has 1 amide bonds. The summed E-state index contributed by atoms with van der Waals surface area (Å²) in [6.07, 6.45) is -4.45. The first-order valence-electron chi connectivity index (χ1n) is 4.72. The molecule has 1 rings (SSSR count). The largest absolute Gasteiger partial charge is 0.406 e. The minimum Gasteiger partial charge on any atom is -0.390 e. The van der Waals surface area contributed by atoms with Gasteiger partial charge in [-0.05, 0) is 12.1 Å². The quantitative estimate of drug-likeness (QED) is 0.874. The van der Waals surface area contributed by atoms with E-state index in [1.807, 2.05) is 0 Å². The molecule has 94 valence electrons. The molecule has 0 saturated carbocycles. The third-order valence-corrected chi connectivity index (χ3v) is 1.95. The van der Waals surface area contributed by atoms with E-state index in [9.17, 15) is 18.0 Å².